The molecule has 0 aliphatic rings. The quantitative estimate of drug-likeness (QED) is 0.788. The predicted molar refractivity (Wildman–Crippen MR) is 104 cm³/mol. The maximum Gasteiger partial charge on any atom is 0.251 e. The number of nitrogens with one attached hydrogen (secondary N) is 2. The van der Waals surface area contributed by atoms with Crippen molar-refractivity contribution in [3.8, 4) is 0 Å². The van der Waals surface area contributed by atoms with Crippen LogP contribution in [0.1, 0.15) is 36.7 Å². The van der Waals surface area contributed by atoms with Crippen molar-refractivity contribution in [2.45, 2.75) is 37.6 Å². The number of sulfonamides is 1. The molecule has 0 aliphatic heterocycles. The van der Waals surface area contributed by atoms with E-state index in [1.807, 2.05) is 24.3 Å². The molecule has 0 spiro atoms. The summed E-state index contributed by atoms with van der Waals surface area (Å²) in [6, 6.07) is 13.3. The van der Waals surface area contributed by atoms with Gasteiger partial charge < -0.3 is 5.32 Å². The van der Waals surface area contributed by atoms with Crippen LogP contribution in [0.2, 0.25) is 5.02 Å². The van der Waals surface area contributed by atoms with E-state index in [2.05, 4.69) is 10.0 Å². The van der Waals surface area contributed by atoms with Crippen LogP contribution in [0, 0.1) is 0 Å². The maximum absolute atomic E-state index is 12.3. The number of halogens is 1. The summed E-state index contributed by atoms with van der Waals surface area (Å²) in [5.74, 6) is -0.244. The van der Waals surface area contributed by atoms with Crippen molar-refractivity contribution in [3.63, 3.8) is 0 Å². The van der Waals surface area contributed by atoms with Crippen LogP contribution in [0.3, 0.4) is 0 Å². The Bertz CT molecular complexity index is 855. The molecule has 0 bridgehead atoms. The van der Waals surface area contributed by atoms with Crippen molar-refractivity contribution in [2.24, 2.45) is 0 Å². The number of rotatable bonds is 6. The third-order valence-corrected chi connectivity index (χ3v) is 5.51. The number of amides is 1. The van der Waals surface area contributed by atoms with Gasteiger partial charge >= 0.3 is 0 Å². The fraction of sp³-hybridized carbons (Fsp3) is 0.316. The standard InChI is InChI=1S/C19H23ClN2O3S/c1-19(2,3)22-26(24,25)17-10-6-15(7-11-17)18(23)21-13-12-14-4-8-16(20)9-5-14/h4-11,22H,12-13H2,1-3H3,(H,21,23). The van der Waals surface area contributed by atoms with E-state index in [1.165, 1.54) is 24.3 Å². The minimum Gasteiger partial charge on any atom is -0.352 e. The van der Waals surface area contributed by atoms with E-state index < -0.39 is 15.6 Å². The van der Waals surface area contributed by atoms with Gasteiger partial charge in [0.1, 0.15) is 0 Å². The molecule has 0 fully saturated rings. The molecule has 0 saturated carbocycles. The van der Waals surface area contributed by atoms with Crippen LogP contribution < -0.4 is 10.0 Å². The van der Waals surface area contributed by atoms with Gasteiger partial charge in [-0.3, -0.25) is 4.79 Å². The molecule has 0 atom stereocenters. The Morgan fingerprint density at radius 2 is 1.58 bits per heavy atom. The second-order valence-electron chi connectivity index (χ2n) is 7.01. The Morgan fingerprint density at radius 1 is 1.00 bits per heavy atom. The van der Waals surface area contributed by atoms with E-state index in [0.717, 1.165) is 5.56 Å². The van der Waals surface area contributed by atoms with E-state index in [9.17, 15) is 13.2 Å². The first-order valence-electron chi connectivity index (χ1n) is 8.23. The first-order valence-corrected chi connectivity index (χ1v) is 10.1. The van der Waals surface area contributed by atoms with E-state index in [-0.39, 0.29) is 10.8 Å². The van der Waals surface area contributed by atoms with Gasteiger partial charge in [0.2, 0.25) is 10.0 Å². The molecule has 0 aromatic heterocycles. The number of carbonyl (C=O) groups is 1. The van der Waals surface area contributed by atoms with Crippen LogP contribution in [-0.2, 0) is 16.4 Å². The Balaban J connectivity index is 1.95. The van der Waals surface area contributed by atoms with Crippen molar-refractivity contribution >= 4 is 27.5 Å². The maximum atomic E-state index is 12.3. The molecule has 140 valence electrons. The molecule has 0 unspecified atom stereocenters. The molecule has 7 heteroatoms. The number of hydrogen-bond donors (Lipinski definition) is 2. The Morgan fingerprint density at radius 3 is 2.12 bits per heavy atom. The summed E-state index contributed by atoms with van der Waals surface area (Å²) < 4.78 is 27.1. The molecule has 0 heterocycles. The summed E-state index contributed by atoms with van der Waals surface area (Å²) in [6.45, 7) is 5.79. The highest BCUT2D eigenvalue weighted by Gasteiger charge is 2.22. The average molecular weight is 395 g/mol. The lowest BCUT2D eigenvalue weighted by atomic mass is 10.1. The van der Waals surface area contributed by atoms with E-state index >= 15 is 0 Å². The van der Waals surface area contributed by atoms with Gasteiger partial charge in [-0.1, -0.05) is 23.7 Å². The van der Waals surface area contributed by atoms with Crippen LogP contribution in [-0.4, -0.2) is 26.4 Å². The second-order valence-corrected chi connectivity index (χ2v) is 9.13. The van der Waals surface area contributed by atoms with E-state index in [1.54, 1.807) is 20.8 Å². The molecule has 2 aromatic rings. The summed E-state index contributed by atoms with van der Waals surface area (Å²) in [7, 11) is -3.61. The minimum atomic E-state index is -3.61. The Hall–Kier alpha value is -1.89. The molecule has 0 saturated heterocycles. The lowest BCUT2D eigenvalue weighted by Gasteiger charge is -2.20. The zero-order valence-corrected chi connectivity index (χ0v) is 16.6. The fourth-order valence-corrected chi connectivity index (χ4v) is 3.87. The Labute approximate surface area is 159 Å². The van der Waals surface area contributed by atoms with Gasteiger partial charge in [0.25, 0.3) is 5.91 Å². The summed E-state index contributed by atoms with van der Waals surface area (Å²) in [4.78, 5) is 12.3. The molecule has 0 aliphatic carbocycles. The second kappa shape index (κ2) is 8.20. The smallest absolute Gasteiger partial charge is 0.251 e. The largest absolute Gasteiger partial charge is 0.352 e. The molecule has 1 amide bonds. The van der Waals surface area contributed by atoms with Crippen molar-refractivity contribution in [3.05, 3.63) is 64.7 Å². The number of carbonyl (C=O) groups excluding carboxylic acids is 1. The molecule has 5 nitrogen and oxygen atoms in total. The topological polar surface area (TPSA) is 75.3 Å². The summed E-state index contributed by atoms with van der Waals surface area (Å²) in [5.41, 5.74) is 0.913. The van der Waals surface area contributed by atoms with Gasteiger partial charge in [0.15, 0.2) is 0 Å². The van der Waals surface area contributed by atoms with Crippen LogP contribution in [0.15, 0.2) is 53.4 Å². The lowest BCUT2D eigenvalue weighted by molar-refractivity contribution is 0.0954. The van der Waals surface area contributed by atoms with Crippen molar-refractivity contribution < 1.29 is 13.2 Å². The first kappa shape index (κ1) is 20.4. The van der Waals surface area contributed by atoms with Crippen LogP contribution in [0.25, 0.3) is 0 Å². The monoisotopic (exact) mass is 394 g/mol. The van der Waals surface area contributed by atoms with E-state index in [0.29, 0.717) is 23.6 Å². The number of hydrogen-bond acceptors (Lipinski definition) is 3. The molecule has 2 rings (SSSR count). The van der Waals surface area contributed by atoms with Crippen LogP contribution >= 0.6 is 11.6 Å². The minimum absolute atomic E-state index is 0.130. The molecule has 2 aromatic carbocycles. The zero-order valence-electron chi connectivity index (χ0n) is 15.0. The summed E-state index contributed by atoms with van der Waals surface area (Å²) >= 11 is 5.84. The van der Waals surface area contributed by atoms with Crippen LogP contribution in [0.5, 0.6) is 0 Å². The third-order valence-electron chi connectivity index (χ3n) is 3.48. The highest BCUT2D eigenvalue weighted by atomic mass is 35.5. The summed E-state index contributed by atoms with van der Waals surface area (Å²) in [5, 5.41) is 3.50. The fourth-order valence-electron chi connectivity index (χ4n) is 2.32. The first-order chi connectivity index (χ1) is 12.1. The van der Waals surface area contributed by atoms with Gasteiger partial charge in [-0.05, 0) is 69.2 Å². The zero-order chi connectivity index (χ0) is 19.4. The Kier molecular flexibility index (Phi) is 6.44. The molecule has 0 radical (unpaired) electrons. The highest BCUT2D eigenvalue weighted by molar-refractivity contribution is 7.89. The van der Waals surface area contributed by atoms with Gasteiger partial charge in [0, 0.05) is 22.7 Å². The summed E-state index contributed by atoms with van der Waals surface area (Å²) in [6.07, 6.45) is 0.685. The number of benzene rings is 2. The van der Waals surface area contributed by atoms with Gasteiger partial charge in [-0.2, -0.15) is 0 Å². The third kappa shape index (κ3) is 6.12. The van der Waals surface area contributed by atoms with Crippen molar-refractivity contribution in [1.82, 2.24) is 10.0 Å². The molecule has 26 heavy (non-hydrogen) atoms. The van der Waals surface area contributed by atoms with Crippen molar-refractivity contribution in [1.29, 1.82) is 0 Å². The normalized spacial score (nSPS) is 12.0. The molecule has 2 N–H and O–H groups in total. The van der Waals surface area contributed by atoms with E-state index in [4.69, 9.17) is 11.6 Å². The van der Waals surface area contributed by atoms with Gasteiger partial charge in [-0.25, -0.2) is 13.1 Å². The van der Waals surface area contributed by atoms with Gasteiger partial charge in [0.05, 0.1) is 4.90 Å². The SMILES string of the molecule is CC(C)(C)NS(=O)(=O)c1ccc(C(=O)NCCc2ccc(Cl)cc2)cc1. The highest BCUT2D eigenvalue weighted by Crippen LogP contribution is 2.14. The predicted octanol–water partition coefficient (Wildman–Crippen LogP) is 3.39. The van der Waals surface area contributed by atoms with Crippen molar-refractivity contribution in [2.75, 3.05) is 6.54 Å². The van der Waals surface area contributed by atoms with Crippen LogP contribution in [0.4, 0.5) is 0 Å². The molecular weight excluding hydrogens is 372 g/mol. The average Bonchev–Trinajstić information content (AvgIpc) is 2.54. The molecular formula is C19H23ClN2O3S. The van der Waals surface area contributed by atoms with Gasteiger partial charge in [-0.15, -0.1) is 0 Å². The lowest BCUT2D eigenvalue weighted by Crippen LogP contribution is -2.40.